The van der Waals surface area contributed by atoms with Gasteiger partial charge in [0, 0.05) is 25.1 Å². The van der Waals surface area contributed by atoms with E-state index in [9.17, 15) is 14.4 Å². The molecule has 1 unspecified atom stereocenters. The molecule has 0 aromatic heterocycles. The summed E-state index contributed by atoms with van der Waals surface area (Å²) in [5, 5.41) is 11.2. The zero-order valence-corrected chi connectivity index (χ0v) is 20.3. The van der Waals surface area contributed by atoms with Gasteiger partial charge in [0.1, 0.15) is 6.04 Å². The van der Waals surface area contributed by atoms with Gasteiger partial charge in [0.25, 0.3) is 5.91 Å². The second-order valence-corrected chi connectivity index (χ2v) is 9.66. The van der Waals surface area contributed by atoms with E-state index in [1.807, 2.05) is 12.1 Å². The number of carbonyl (C=O) groups excluding carboxylic acids is 3. The van der Waals surface area contributed by atoms with Crippen molar-refractivity contribution in [2.24, 2.45) is 0 Å². The van der Waals surface area contributed by atoms with Crippen molar-refractivity contribution in [2.75, 3.05) is 19.6 Å². The van der Waals surface area contributed by atoms with Gasteiger partial charge in [-0.15, -0.1) is 0 Å². The van der Waals surface area contributed by atoms with E-state index in [0.29, 0.717) is 30.9 Å². The number of amides is 3. The van der Waals surface area contributed by atoms with Crippen molar-refractivity contribution in [1.29, 1.82) is 5.26 Å². The first kappa shape index (κ1) is 24.6. The first-order chi connectivity index (χ1) is 16.9. The number of nitrogens with one attached hydrogen (secondary N) is 1. The van der Waals surface area contributed by atoms with E-state index in [0.717, 1.165) is 43.6 Å². The average molecular weight is 473 g/mol. The van der Waals surface area contributed by atoms with Crippen molar-refractivity contribution in [3.05, 3.63) is 70.8 Å². The number of hydrogen-bond donors (Lipinski definition) is 1. The molecule has 35 heavy (non-hydrogen) atoms. The molecule has 7 nitrogen and oxygen atoms in total. The lowest BCUT2D eigenvalue weighted by Crippen LogP contribution is -2.52. The Morgan fingerprint density at radius 2 is 1.97 bits per heavy atom. The van der Waals surface area contributed by atoms with Gasteiger partial charge in [-0.25, -0.2) is 0 Å². The Bertz CT molecular complexity index is 1140. The van der Waals surface area contributed by atoms with Gasteiger partial charge in [0.2, 0.25) is 11.8 Å². The molecule has 1 aromatic rings. The zero-order chi connectivity index (χ0) is 24.9. The Hall–Kier alpha value is -3.50. The number of benzene rings is 1. The predicted molar refractivity (Wildman–Crippen MR) is 133 cm³/mol. The number of imide groups is 1. The van der Waals surface area contributed by atoms with E-state index < -0.39 is 6.04 Å². The molecule has 1 atom stereocenters. The van der Waals surface area contributed by atoms with E-state index in [4.69, 9.17) is 5.26 Å². The normalized spacial score (nSPS) is 22.1. The summed E-state index contributed by atoms with van der Waals surface area (Å²) in [7, 11) is 0. The van der Waals surface area contributed by atoms with E-state index in [1.165, 1.54) is 11.1 Å². The van der Waals surface area contributed by atoms with Crippen molar-refractivity contribution in [3.8, 4) is 6.07 Å². The largest absolute Gasteiger partial charge is 0.322 e. The Morgan fingerprint density at radius 3 is 2.66 bits per heavy atom. The highest BCUT2D eigenvalue weighted by Gasteiger charge is 2.39. The van der Waals surface area contributed by atoms with Crippen LogP contribution in [0.2, 0.25) is 0 Å². The van der Waals surface area contributed by atoms with E-state index in [1.54, 1.807) is 11.0 Å². The number of piperidine rings is 2. The standard InChI is InChI=1S/C28H32N4O3/c1-3-20(10-13-29)5-4-19(2)17-31-14-11-21(12-15-31)22-6-7-24-23(16-22)18-32(28(24)35)25-8-9-26(33)30-27(25)34/h3-7,16,21,25H,1,8-12,14-15,17-18H2,2H3,(H,30,33,34)/b19-4+,20-5+. The summed E-state index contributed by atoms with van der Waals surface area (Å²) < 4.78 is 0. The van der Waals surface area contributed by atoms with Crippen LogP contribution in [0.4, 0.5) is 0 Å². The van der Waals surface area contributed by atoms with E-state index in [2.05, 4.69) is 48.0 Å². The number of nitrogens with zero attached hydrogens (tertiary/aromatic N) is 3. The number of carbonyl (C=O) groups is 3. The summed E-state index contributed by atoms with van der Waals surface area (Å²) >= 11 is 0. The Balaban J connectivity index is 1.35. The number of nitriles is 1. The fraction of sp³-hybridized carbons (Fsp3) is 0.429. The fourth-order valence-electron chi connectivity index (χ4n) is 5.22. The van der Waals surface area contributed by atoms with Gasteiger partial charge in [-0.2, -0.15) is 5.26 Å². The lowest BCUT2D eigenvalue weighted by atomic mass is 9.87. The smallest absolute Gasteiger partial charge is 0.255 e. The third kappa shape index (κ3) is 5.60. The molecule has 4 rings (SSSR count). The third-order valence-corrected chi connectivity index (χ3v) is 7.21. The number of allylic oxidation sites excluding steroid dienone is 4. The number of fused-ring (bicyclic) bond motifs is 1. The first-order valence-corrected chi connectivity index (χ1v) is 12.2. The summed E-state index contributed by atoms with van der Waals surface area (Å²) in [5.74, 6) is -0.322. The molecule has 3 aliphatic heterocycles. The molecule has 0 aliphatic carbocycles. The molecule has 0 spiro atoms. The van der Waals surface area contributed by atoms with Crippen LogP contribution in [0, 0.1) is 11.3 Å². The van der Waals surface area contributed by atoms with Crippen LogP contribution >= 0.6 is 0 Å². The van der Waals surface area contributed by atoms with Crippen molar-refractivity contribution in [3.63, 3.8) is 0 Å². The first-order valence-electron chi connectivity index (χ1n) is 12.2. The summed E-state index contributed by atoms with van der Waals surface area (Å²) in [5.41, 5.74) is 5.08. The summed E-state index contributed by atoms with van der Waals surface area (Å²) in [4.78, 5) is 40.7. The summed E-state index contributed by atoms with van der Waals surface area (Å²) in [6.45, 7) is 9.20. The van der Waals surface area contributed by atoms with Crippen LogP contribution in [-0.2, 0) is 16.1 Å². The molecule has 0 bridgehead atoms. The second-order valence-electron chi connectivity index (χ2n) is 9.66. The van der Waals surface area contributed by atoms with Gasteiger partial charge >= 0.3 is 0 Å². The molecule has 1 N–H and O–H groups in total. The van der Waals surface area contributed by atoms with Crippen LogP contribution in [-0.4, -0.2) is 53.2 Å². The minimum atomic E-state index is -0.576. The molecule has 1 aromatic carbocycles. The molecular formula is C28H32N4O3. The number of likely N-dealkylation sites (tertiary alicyclic amines) is 1. The van der Waals surface area contributed by atoms with Gasteiger partial charge in [0.15, 0.2) is 0 Å². The summed E-state index contributed by atoms with van der Waals surface area (Å²) in [6.07, 6.45) is 8.91. The number of hydrogen-bond acceptors (Lipinski definition) is 5. The summed E-state index contributed by atoms with van der Waals surface area (Å²) in [6, 6.07) is 7.69. The number of rotatable bonds is 7. The van der Waals surface area contributed by atoms with Gasteiger partial charge in [0.05, 0.1) is 12.5 Å². The van der Waals surface area contributed by atoms with Crippen molar-refractivity contribution in [2.45, 2.75) is 57.5 Å². The maximum Gasteiger partial charge on any atom is 0.255 e. The maximum atomic E-state index is 12.9. The molecule has 0 saturated carbocycles. The van der Waals surface area contributed by atoms with Crippen molar-refractivity contribution < 1.29 is 14.4 Å². The zero-order valence-electron chi connectivity index (χ0n) is 20.3. The van der Waals surface area contributed by atoms with Crippen LogP contribution in [0.1, 0.15) is 66.4 Å². The molecule has 182 valence electrons. The molecule has 2 fully saturated rings. The average Bonchev–Trinajstić information content (AvgIpc) is 3.17. The lowest BCUT2D eigenvalue weighted by molar-refractivity contribution is -0.136. The van der Waals surface area contributed by atoms with Crippen LogP contribution in [0.15, 0.2) is 54.2 Å². The molecule has 3 heterocycles. The molecule has 7 heteroatoms. The van der Waals surface area contributed by atoms with Crippen LogP contribution in [0.5, 0.6) is 0 Å². The van der Waals surface area contributed by atoms with Crippen molar-refractivity contribution >= 4 is 17.7 Å². The van der Waals surface area contributed by atoms with Gasteiger partial charge in [-0.1, -0.05) is 42.5 Å². The minimum absolute atomic E-state index is 0.124. The Labute approximate surface area is 206 Å². The minimum Gasteiger partial charge on any atom is -0.322 e. The van der Waals surface area contributed by atoms with Gasteiger partial charge < -0.3 is 4.90 Å². The fourth-order valence-corrected chi connectivity index (χ4v) is 5.22. The van der Waals surface area contributed by atoms with E-state index in [-0.39, 0.29) is 24.1 Å². The molecule has 2 saturated heterocycles. The monoisotopic (exact) mass is 472 g/mol. The molecular weight excluding hydrogens is 440 g/mol. The van der Waals surface area contributed by atoms with Crippen LogP contribution in [0.25, 0.3) is 0 Å². The molecule has 0 radical (unpaired) electrons. The highest BCUT2D eigenvalue weighted by atomic mass is 16.2. The topological polar surface area (TPSA) is 93.5 Å². The van der Waals surface area contributed by atoms with Gasteiger partial charge in [-0.05, 0) is 68.0 Å². The highest BCUT2D eigenvalue weighted by Crippen LogP contribution is 2.33. The Kier molecular flexibility index (Phi) is 7.62. The van der Waals surface area contributed by atoms with Crippen LogP contribution in [0.3, 0.4) is 0 Å². The SMILES string of the molecule is C=C/C(=C\C=C(/C)CN1CCC(c2ccc3c(c2)CN(C2CCC(=O)NC2=O)C3=O)CC1)CC#N. The van der Waals surface area contributed by atoms with Crippen molar-refractivity contribution in [1.82, 2.24) is 15.1 Å². The quantitative estimate of drug-likeness (QED) is 0.483. The maximum absolute atomic E-state index is 12.9. The van der Waals surface area contributed by atoms with E-state index >= 15 is 0 Å². The molecule has 3 aliphatic rings. The lowest BCUT2D eigenvalue weighted by Gasteiger charge is -2.32. The molecule has 3 amide bonds. The van der Waals surface area contributed by atoms with Gasteiger partial charge in [-0.3, -0.25) is 24.6 Å². The predicted octanol–water partition coefficient (Wildman–Crippen LogP) is 3.60. The highest BCUT2D eigenvalue weighted by molar-refractivity contribution is 6.05. The Morgan fingerprint density at radius 1 is 1.20 bits per heavy atom. The van der Waals surface area contributed by atoms with Crippen LogP contribution < -0.4 is 5.32 Å². The second kappa shape index (κ2) is 10.8. The third-order valence-electron chi connectivity index (χ3n) is 7.21.